The van der Waals surface area contributed by atoms with Crippen molar-refractivity contribution in [1.82, 2.24) is 14.9 Å². The Morgan fingerprint density at radius 1 is 1.39 bits per heavy atom. The van der Waals surface area contributed by atoms with Crippen molar-refractivity contribution in [1.29, 1.82) is 0 Å². The van der Waals surface area contributed by atoms with Crippen LogP contribution in [-0.4, -0.2) is 52.8 Å². The third-order valence-electron chi connectivity index (χ3n) is 4.11. The van der Waals surface area contributed by atoms with Gasteiger partial charge in [0.25, 0.3) is 0 Å². The van der Waals surface area contributed by atoms with E-state index in [0.717, 1.165) is 19.6 Å². The summed E-state index contributed by atoms with van der Waals surface area (Å²) < 4.78 is 7.12. The number of halogens is 1. The highest BCUT2D eigenvalue weighted by molar-refractivity contribution is 8.00. The van der Waals surface area contributed by atoms with Crippen LogP contribution in [0.2, 0.25) is 4.34 Å². The minimum Gasteiger partial charge on any atom is -0.378 e. The lowest BCUT2D eigenvalue weighted by atomic mass is 10.2. The lowest BCUT2D eigenvalue weighted by molar-refractivity contribution is -0.132. The van der Waals surface area contributed by atoms with Crippen LogP contribution in [0.5, 0.6) is 0 Å². The second-order valence-electron chi connectivity index (χ2n) is 5.70. The molecule has 0 bridgehead atoms. The van der Waals surface area contributed by atoms with Crippen molar-refractivity contribution in [2.75, 3.05) is 32.1 Å². The van der Waals surface area contributed by atoms with Crippen LogP contribution in [0.3, 0.4) is 0 Å². The fourth-order valence-corrected chi connectivity index (χ4v) is 5.26. The van der Waals surface area contributed by atoms with Gasteiger partial charge in [-0.05, 0) is 18.8 Å². The van der Waals surface area contributed by atoms with Crippen LogP contribution in [0, 0.1) is 0 Å². The molecule has 122 valence electrons. The number of carbonyl (C=O) groups is 1. The Hall–Kier alpha value is -0.890. The smallest absolute Gasteiger partial charge is 0.233 e. The molecule has 3 heterocycles. The van der Waals surface area contributed by atoms with Gasteiger partial charge in [0, 0.05) is 18.7 Å². The molecule has 0 N–H and O–H groups in total. The molecule has 0 radical (unpaired) electrons. The summed E-state index contributed by atoms with van der Waals surface area (Å²) in [6, 6.07) is 0. The van der Waals surface area contributed by atoms with E-state index in [0.29, 0.717) is 38.0 Å². The van der Waals surface area contributed by atoms with E-state index < -0.39 is 0 Å². The van der Waals surface area contributed by atoms with Crippen LogP contribution in [-0.2, 0) is 9.53 Å². The summed E-state index contributed by atoms with van der Waals surface area (Å²) in [5.41, 5.74) is 2.15. The van der Waals surface area contributed by atoms with E-state index in [1.165, 1.54) is 41.5 Å². The minimum atomic E-state index is 0.134. The van der Waals surface area contributed by atoms with Gasteiger partial charge in [0.2, 0.25) is 5.91 Å². The molecule has 0 atom stereocenters. The molecule has 1 saturated carbocycles. The highest BCUT2D eigenvalue weighted by Gasteiger charge is 2.31. The molecule has 0 aromatic carbocycles. The van der Waals surface area contributed by atoms with Gasteiger partial charge in [-0.1, -0.05) is 23.4 Å². The Morgan fingerprint density at radius 3 is 2.91 bits per heavy atom. The maximum absolute atomic E-state index is 12.3. The summed E-state index contributed by atoms with van der Waals surface area (Å²) in [7, 11) is 0. The van der Waals surface area contributed by atoms with Gasteiger partial charge in [-0.3, -0.25) is 4.79 Å². The Morgan fingerprint density at radius 2 is 2.17 bits per heavy atom. The van der Waals surface area contributed by atoms with Crippen LogP contribution in [0.15, 0.2) is 11.4 Å². The zero-order valence-corrected chi connectivity index (χ0v) is 14.8. The highest BCUT2D eigenvalue weighted by Crippen LogP contribution is 2.50. The summed E-state index contributed by atoms with van der Waals surface area (Å²) in [5, 5.41) is 0.857. The van der Waals surface area contributed by atoms with Crippen LogP contribution in [0.25, 0.3) is 10.2 Å². The number of rotatable bonds is 4. The molecular weight excluding hydrogens is 354 g/mol. The third kappa shape index (κ3) is 3.20. The number of carbonyl (C=O) groups excluding carboxylic acids is 1. The van der Waals surface area contributed by atoms with Crippen molar-refractivity contribution < 1.29 is 9.53 Å². The Bertz CT molecular complexity index is 742. The molecule has 2 aliphatic rings. The Kier molecular flexibility index (Phi) is 4.45. The van der Waals surface area contributed by atoms with Crippen molar-refractivity contribution in [3.63, 3.8) is 0 Å². The van der Waals surface area contributed by atoms with Crippen molar-refractivity contribution in [2.45, 2.75) is 23.8 Å². The van der Waals surface area contributed by atoms with Crippen molar-refractivity contribution in [3.05, 3.63) is 16.2 Å². The summed E-state index contributed by atoms with van der Waals surface area (Å²) in [5.74, 6) is 1.08. The average Bonchev–Trinajstić information content (AvgIpc) is 3.35. The number of amides is 1. The van der Waals surface area contributed by atoms with Crippen LogP contribution in [0.1, 0.15) is 24.3 Å². The van der Waals surface area contributed by atoms with E-state index >= 15 is 0 Å². The average molecular weight is 370 g/mol. The van der Waals surface area contributed by atoms with Gasteiger partial charge in [-0.15, -0.1) is 11.3 Å². The Labute approximate surface area is 147 Å². The van der Waals surface area contributed by atoms with E-state index in [1.54, 1.807) is 6.33 Å². The molecule has 8 heteroatoms. The molecule has 1 saturated heterocycles. The van der Waals surface area contributed by atoms with Crippen LogP contribution in [0.4, 0.5) is 0 Å². The van der Waals surface area contributed by atoms with Crippen molar-refractivity contribution in [3.8, 4) is 0 Å². The number of hydrogen-bond donors (Lipinski definition) is 0. The van der Waals surface area contributed by atoms with Gasteiger partial charge < -0.3 is 9.64 Å². The minimum absolute atomic E-state index is 0.134. The van der Waals surface area contributed by atoms with Crippen LogP contribution < -0.4 is 0 Å². The maximum atomic E-state index is 12.3. The van der Waals surface area contributed by atoms with Gasteiger partial charge in [0.1, 0.15) is 11.4 Å². The lowest BCUT2D eigenvalue weighted by Gasteiger charge is -2.26. The molecule has 4 rings (SSSR count). The van der Waals surface area contributed by atoms with Crippen LogP contribution >= 0.6 is 34.7 Å². The number of aromatic nitrogens is 2. The monoisotopic (exact) mass is 369 g/mol. The lowest BCUT2D eigenvalue weighted by Crippen LogP contribution is -2.41. The standard InChI is InChI=1S/C15H16ClN3O2S2/c16-14-11(9-1-2-9)12-13(23-14)15(18-8-17-12)22-7-10(20)19-3-5-21-6-4-19/h8-9H,1-7H2. The molecule has 23 heavy (non-hydrogen) atoms. The fraction of sp³-hybridized carbons (Fsp3) is 0.533. The van der Waals surface area contributed by atoms with E-state index in [2.05, 4.69) is 9.97 Å². The first-order valence-electron chi connectivity index (χ1n) is 7.65. The number of thiophene rings is 1. The first-order valence-corrected chi connectivity index (χ1v) is 9.83. The van der Waals surface area contributed by atoms with E-state index in [-0.39, 0.29) is 5.91 Å². The Balaban J connectivity index is 1.52. The van der Waals surface area contributed by atoms with E-state index in [4.69, 9.17) is 16.3 Å². The summed E-state index contributed by atoms with van der Waals surface area (Å²) >= 11 is 9.42. The zero-order chi connectivity index (χ0) is 15.8. The molecule has 0 spiro atoms. The number of nitrogens with zero attached hydrogens (tertiary/aromatic N) is 3. The predicted molar refractivity (Wildman–Crippen MR) is 92.5 cm³/mol. The van der Waals surface area contributed by atoms with Gasteiger partial charge in [-0.25, -0.2) is 9.97 Å². The second kappa shape index (κ2) is 6.55. The molecule has 1 aliphatic heterocycles. The molecule has 0 unspecified atom stereocenters. The van der Waals surface area contributed by atoms with Gasteiger partial charge in [0.05, 0.1) is 33.5 Å². The highest BCUT2D eigenvalue weighted by atomic mass is 35.5. The molecule has 5 nitrogen and oxygen atoms in total. The largest absolute Gasteiger partial charge is 0.378 e. The molecule has 1 aliphatic carbocycles. The van der Waals surface area contributed by atoms with E-state index in [9.17, 15) is 4.79 Å². The third-order valence-corrected chi connectivity index (χ3v) is 6.64. The van der Waals surface area contributed by atoms with Gasteiger partial charge in [-0.2, -0.15) is 0 Å². The van der Waals surface area contributed by atoms with E-state index in [1.807, 2.05) is 4.90 Å². The maximum Gasteiger partial charge on any atom is 0.233 e. The normalized spacial score (nSPS) is 18.6. The van der Waals surface area contributed by atoms with Gasteiger partial charge >= 0.3 is 0 Å². The first kappa shape index (κ1) is 15.6. The summed E-state index contributed by atoms with van der Waals surface area (Å²) in [6.07, 6.45) is 3.96. The first-order chi connectivity index (χ1) is 11.2. The predicted octanol–water partition coefficient (Wildman–Crippen LogP) is 3.17. The zero-order valence-electron chi connectivity index (χ0n) is 12.5. The fourth-order valence-electron chi connectivity index (χ4n) is 2.74. The SMILES string of the molecule is O=C(CSc1ncnc2c(C3CC3)c(Cl)sc12)N1CCOCC1. The second-order valence-corrected chi connectivity index (χ2v) is 8.29. The number of fused-ring (bicyclic) bond motifs is 1. The molecule has 2 aromatic rings. The van der Waals surface area contributed by atoms with Crippen molar-refractivity contribution in [2.24, 2.45) is 0 Å². The molecule has 2 fully saturated rings. The number of hydrogen-bond acceptors (Lipinski definition) is 6. The number of thioether (sulfide) groups is 1. The number of ether oxygens (including phenoxy) is 1. The number of morpholine rings is 1. The van der Waals surface area contributed by atoms with Crippen molar-refractivity contribution >= 4 is 50.8 Å². The molecular formula is C15H16ClN3O2S2. The summed E-state index contributed by atoms with van der Waals surface area (Å²) in [4.78, 5) is 22.9. The molecule has 2 aromatic heterocycles. The quantitative estimate of drug-likeness (QED) is 0.612. The molecule has 1 amide bonds. The topological polar surface area (TPSA) is 55.3 Å². The van der Waals surface area contributed by atoms with Gasteiger partial charge in [0.15, 0.2) is 0 Å². The summed E-state index contributed by atoms with van der Waals surface area (Å²) in [6.45, 7) is 2.60.